The van der Waals surface area contributed by atoms with E-state index in [9.17, 15) is 4.79 Å². The molecule has 0 spiro atoms. The second-order valence-corrected chi connectivity index (χ2v) is 5.18. The van der Waals surface area contributed by atoms with Gasteiger partial charge in [0.15, 0.2) is 0 Å². The van der Waals surface area contributed by atoms with Crippen LogP contribution in [0.1, 0.15) is 13.8 Å². The van der Waals surface area contributed by atoms with Crippen LogP contribution in [-0.4, -0.2) is 36.6 Å². The molecule has 1 aromatic heterocycles. The normalized spacial score (nSPS) is 10.9. The van der Waals surface area contributed by atoms with Crippen LogP contribution in [0.5, 0.6) is 0 Å². The molecule has 1 aromatic rings. The topological polar surface area (TPSA) is 61.0 Å². The lowest BCUT2D eigenvalue weighted by atomic mass is 10.2. The van der Waals surface area contributed by atoms with Gasteiger partial charge in [-0.15, -0.1) is 0 Å². The molecule has 0 saturated carbocycles. The first-order valence-electron chi connectivity index (χ1n) is 5.67. The molecular formula is C11H19BrN4O. The molecule has 0 radical (unpaired) electrons. The van der Waals surface area contributed by atoms with Crippen LogP contribution in [0.25, 0.3) is 0 Å². The number of hydrogen-bond acceptors (Lipinski definition) is 4. The molecule has 1 heterocycles. The average Bonchev–Trinajstić information content (AvgIpc) is 2.27. The molecule has 0 aliphatic heterocycles. The van der Waals surface area contributed by atoms with Crippen molar-refractivity contribution >= 4 is 21.7 Å². The Hall–Kier alpha value is -0.880. The molecule has 0 fully saturated rings. The lowest BCUT2D eigenvalue weighted by Gasteiger charge is -2.19. The van der Waals surface area contributed by atoms with E-state index < -0.39 is 0 Å². The van der Waals surface area contributed by atoms with Crippen molar-refractivity contribution in [1.82, 2.24) is 15.3 Å². The maximum atomic E-state index is 11.4. The highest BCUT2D eigenvalue weighted by Gasteiger charge is 2.09. The summed E-state index contributed by atoms with van der Waals surface area (Å²) in [5, 5.41) is 3.35. The summed E-state index contributed by atoms with van der Waals surface area (Å²) in [7, 11) is 1.92. The molecule has 0 atom stereocenters. The van der Waals surface area contributed by atoms with Crippen LogP contribution < -0.4 is 15.8 Å². The summed E-state index contributed by atoms with van der Waals surface area (Å²) in [5.74, 6) is 1.31. The molecule has 1 rings (SSSR count). The SMILES string of the molecule is CC(C)CNCCN(C)c1nc[nH]c(=O)c1Br. The fraction of sp³-hybridized carbons (Fsp3) is 0.636. The van der Waals surface area contributed by atoms with Crippen molar-refractivity contribution in [1.29, 1.82) is 0 Å². The molecule has 0 aliphatic carbocycles. The van der Waals surface area contributed by atoms with E-state index in [1.807, 2.05) is 11.9 Å². The van der Waals surface area contributed by atoms with Crippen LogP contribution in [0, 0.1) is 5.92 Å². The van der Waals surface area contributed by atoms with E-state index in [0.29, 0.717) is 16.2 Å². The standard InChI is InChI=1S/C11H19BrN4O/c1-8(2)6-13-4-5-16(3)10-9(12)11(17)15-7-14-10/h7-8,13H,4-6H2,1-3H3,(H,14,15,17). The van der Waals surface area contributed by atoms with Crippen molar-refractivity contribution in [3.05, 3.63) is 21.2 Å². The van der Waals surface area contributed by atoms with Gasteiger partial charge in [-0.25, -0.2) is 4.98 Å². The second kappa shape index (κ2) is 6.76. The zero-order chi connectivity index (χ0) is 12.8. The summed E-state index contributed by atoms with van der Waals surface area (Å²) in [6.07, 6.45) is 1.42. The molecule has 0 amide bonds. The number of nitrogens with zero attached hydrogens (tertiary/aromatic N) is 2. The van der Waals surface area contributed by atoms with Crippen LogP contribution >= 0.6 is 15.9 Å². The Morgan fingerprint density at radius 1 is 1.59 bits per heavy atom. The highest BCUT2D eigenvalue weighted by atomic mass is 79.9. The first kappa shape index (κ1) is 14.2. The van der Waals surface area contributed by atoms with Gasteiger partial charge in [-0.05, 0) is 28.4 Å². The van der Waals surface area contributed by atoms with Gasteiger partial charge >= 0.3 is 0 Å². The molecule has 5 nitrogen and oxygen atoms in total. The molecule has 2 N–H and O–H groups in total. The van der Waals surface area contributed by atoms with Gasteiger partial charge in [-0.2, -0.15) is 0 Å². The Balaban J connectivity index is 2.50. The van der Waals surface area contributed by atoms with Crippen molar-refractivity contribution in [3.8, 4) is 0 Å². The second-order valence-electron chi connectivity index (χ2n) is 4.39. The minimum Gasteiger partial charge on any atom is -0.357 e. The summed E-state index contributed by atoms with van der Waals surface area (Å²) in [4.78, 5) is 20.0. The number of rotatable bonds is 6. The Kier molecular flexibility index (Phi) is 5.64. The van der Waals surface area contributed by atoms with Gasteiger partial charge in [0, 0.05) is 20.1 Å². The summed E-state index contributed by atoms with van der Waals surface area (Å²) in [6, 6.07) is 0. The molecule has 6 heteroatoms. The van der Waals surface area contributed by atoms with Crippen molar-refractivity contribution in [2.45, 2.75) is 13.8 Å². The van der Waals surface area contributed by atoms with Crippen LogP contribution in [0.2, 0.25) is 0 Å². The molecule has 0 bridgehead atoms. The maximum Gasteiger partial charge on any atom is 0.267 e. The van der Waals surface area contributed by atoms with Gasteiger partial charge in [0.05, 0.1) is 6.33 Å². The number of aromatic nitrogens is 2. The van der Waals surface area contributed by atoms with Gasteiger partial charge in [-0.1, -0.05) is 13.8 Å². The Labute approximate surface area is 110 Å². The van der Waals surface area contributed by atoms with E-state index in [4.69, 9.17) is 0 Å². The van der Waals surface area contributed by atoms with Gasteiger partial charge in [-0.3, -0.25) is 4.79 Å². The number of likely N-dealkylation sites (N-methyl/N-ethyl adjacent to an activating group) is 1. The first-order chi connectivity index (χ1) is 8.02. The molecule has 0 aromatic carbocycles. The minimum absolute atomic E-state index is 0.156. The molecule has 0 saturated heterocycles. The lowest BCUT2D eigenvalue weighted by Crippen LogP contribution is -2.32. The molecule has 0 unspecified atom stereocenters. The summed E-state index contributed by atoms with van der Waals surface area (Å²) in [6.45, 7) is 7.02. The quantitative estimate of drug-likeness (QED) is 0.776. The number of aromatic amines is 1. The Morgan fingerprint density at radius 3 is 2.94 bits per heavy atom. The van der Waals surface area contributed by atoms with Gasteiger partial charge in [0.2, 0.25) is 0 Å². The van der Waals surface area contributed by atoms with Crippen LogP contribution in [-0.2, 0) is 0 Å². The number of nitrogens with one attached hydrogen (secondary N) is 2. The average molecular weight is 303 g/mol. The number of hydrogen-bond donors (Lipinski definition) is 2. The molecular weight excluding hydrogens is 284 g/mol. The highest BCUT2D eigenvalue weighted by molar-refractivity contribution is 9.10. The smallest absolute Gasteiger partial charge is 0.267 e. The molecule has 17 heavy (non-hydrogen) atoms. The van der Waals surface area contributed by atoms with E-state index in [2.05, 4.69) is 45.1 Å². The van der Waals surface area contributed by atoms with E-state index in [1.165, 1.54) is 6.33 Å². The van der Waals surface area contributed by atoms with E-state index in [0.717, 1.165) is 19.6 Å². The highest BCUT2D eigenvalue weighted by Crippen LogP contribution is 2.16. The van der Waals surface area contributed by atoms with Crippen LogP contribution in [0.4, 0.5) is 5.82 Å². The first-order valence-corrected chi connectivity index (χ1v) is 6.46. The summed E-state index contributed by atoms with van der Waals surface area (Å²) >= 11 is 3.24. The van der Waals surface area contributed by atoms with Crippen molar-refractivity contribution in [2.24, 2.45) is 5.92 Å². The summed E-state index contributed by atoms with van der Waals surface area (Å²) < 4.78 is 0.478. The van der Waals surface area contributed by atoms with E-state index >= 15 is 0 Å². The monoisotopic (exact) mass is 302 g/mol. The van der Waals surface area contributed by atoms with Crippen molar-refractivity contribution in [3.63, 3.8) is 0 Å². The zero-order valence-electron chi connectivity index (χ0n) is 10.5. The predicted molar refractivity (Wildman–Crippen MR) is 73.5 cm³/mol. The minimum atomic E-state index is -0.156. The zero-order valence-corrected chi connectivity index (χ0v) is 12.0. The Morgan fingerprint density at radius 2 is 2.29 bits per heavy atom. The number of halogens is 1. The Bertz CT molecular complexity index is 405. The third-order valence-electron chi connectivity index (χ3n) is 2.32. The van der Waals surface area contributed by atoms with Gasteiger partial charge < -0.3 is 15.2 Å². The maximum absolute atomic E-state index is 11.4. The van der Waals surface area contributed by atoms with Crippen LogP contribution in [0.15, 0.2) is 15.6 Å². The van der Waals surface area contributed by atoms with Crippen molar-refractivity contribution < 1.29 is 0 Å². The summed E-state index contributed by atoms with van der Waals surface area (Å²) in [5.41, 5.74) is -0.156. The fourth-order valence-electron chi connectivity index (χ4n) is 1.38. The van der Waals surface area contributed by atoms with Gasteiger partial charge in [0.1, 0.15) is 10.3 Å². The number of H-pyrrole nitrogens is 1. The van der Waals surface area contributed by atoms with E-state index in [-0.39, 0.29) is 5.56 Å². The third kappa shape index (κ3) is 4.47. The molecule has 96 valence electrons. The number of anilines is 1. The largest absolute Gasteiger partial charge is 0.357 e. The van der Waals surface area contributed by atoms with E-state index in [1.54, 1.807) is 0 Å². The third-order valence-corrected chi connectivity index (χ3v) is 3.03. The fourth-order valence-corrected chi connectivity index (χ4v) is 1.90. The van der Waals surface area contributed by atoms with Crippen LogP contribution in [0.3, 0.4) is 0 Å². The lowest BCUT2D eigenvalue weighted by molar-refractivity contribution is 0.553. The van der Waals surface area contributed by atoms with Crippen molar-refractivity contribution in [2.75, 3.05) is 31.6 Å². The predicted octanol–water partition coefficient (Wildman–Crippen LogP) is 1.21. The van der Waals surface area contributed by atoms with Gasteiger partial charge in [0.25, 0.3) is 5.56 Å². The molecule has 0 aliphatic rings.